The summed E-state index contributed by atoms with van der Waals surface area (Å²) in [6, 6.07) is 1.68. The van der Waals surface area contributed by atoms with Gasteiger partial charge >= 0.3 is 5.97 Å². The van der Waals surface area contributed by atoms with Crippen LogP contribution in [0.5, 0.6) is 0 Å². The molecular formula is C17H24N4O3S. The average molecular weight is 364 g/mol. The number of rotatable bonds is 6. The van der Waals surface area contributed by atoms with Crippen molar-refractivity contribution in [3.8, 4) is 0 Å². The van der Waals surface area contributed by atoms with Crippen molar-refractivity contribution in [2.24, 2.45) is 4.99 Å². The standard InChI is InChI=1S/C17H24N4O3S/c1-10(2)14-9-25-15(21-14)8-20-17(18-4)19-7-12-6-13(11(3)24-12)16(22)23-5/h6,9-10H,7-8H2,1-5H3,(H2,18,19,20). The Bertz CT molecular complexity index is 749. The van der Waals surface area contributed by atoms with Crippen LogP contribution in [0.4, 0.5) is 0 Å². The van der Waals surface area contributed by atoms with Crippen molar-refractivity contribution in [3.05, 3.63) is 39.2 Å². The monoisotopic (exact) mass is 364 g/mol. The number of hydrogen-bond donors (Lipinski definition) is 2. The van der Waals surface area contributed by atoms with Crippen molar-refractivity contribution in [2.45, 2.75) is 39.8 Å². The molecule has 136 valence electrons. The van der Waals surface area contributed by atoms with Gasteiger partial charge in [0.15, 0.2) is 5.96 Å². The van der Waals surface area contributed by atoms with E-state index in [0.29, 0.717) is 42.1 Å². The maximum atomic E-state index is 11.6. The molecular weight excluding hydrogens is 340 g/mol. The van der Waals surface area contributed by atoms with Crippen LogP contribution in [0.3, 0.4) is 0 Å². The molecule has 0 unspecified atom stereocenters. The topological polar surface area (TPSA) is 88.8 Å². The zero-order valence-electron chi connectivity index (χ0n) is 15.2. The van der Waals surface area contributed by atoms with Gasteiger partial charge in [-0.25, -0.2) is 9.78 Å². The SMILES string of the molecule is CN=C(NCc1cc(C(=O)OC)c(C)o1)NCc1nc(C(C)C)cs1. The number of methoxy groups -OCH3 is 1. The van der Waals surface area contributed by atoms with E-state index in [-0.39, 0.29) is 0 Å². The van der Waals surface area contributed by atoms with E-state index >= 15 is 0 Å². The number of aromatic nitrogens is 1. The summed E-state index contributed by atoms with van der Waals surface area (Å²) in [5.41, 5.74) is 1.54. The second kappa shape index (κ2) is 8.66. The Morgan fingerprint density at radius 3 is 2.72 bits per heavy atom. The van der Waals surface area contributed by atoms with Gasteiger partial charge in [-0.2, -0.15) is 0 Å². The van der Waals surface area contributed by atoms with Crippen molar-refractivity contribution in [1.82, 2.24) is 15.6 Å². The number of nitrogens with zero attached hydrogens (tertiary/aromatic N) is 2. The molecule has 7 nitrogen and oxygen atoms in total. The molecule has 0 bridgehead atoms. The molecule has 0 fully saturated rings. The number of aryl methyl sites for hydroxylation is 1. The van der Waals surface area contributed by atoms with Gasteiger partial charge in [0.25, 0.3) is 0 Å². The average Bonchev–Trinajstić information content (AvgIpc) is 3.21. The second-order valence-electron chi connectivity index (χ2n) is 5.77. The third-order valence-electron chi connectivity index (χ3n) is 3.60. The second-order valence-corrected chi connectivity index (χ2v) is 6.72. The molecule has 0 saturated heterocycles. The van der Waals surface area contributed by atoms with E-state index in [4.69, 9.17) is 9.15 Å². The number of aliphatic imine (C=N–C) groups is 1. The predicted molar refractivity (Wildman–Crippen MR) is 98.0 cm³/mol. The first-order valence-corrected chi connectivity index (χ1v) is 8.89. The molecule has 2 aromatic heterocycles. The van der Waals surface area contributed by atoms with Crippen LogP contribution in [0.25, 0.3) is 0 Å². The summed E-state index contributed by atoms with van der Waals surface area (Å²) < 4.78 is 10.3. The molecule has 0 spiro atoms. The summed E-state index contributed by atoms with van der Waals surface area (Å²) in [5.74, 6) is 1.83. The number of guanidine groups is 1. The van der Waals surface area contributed by atoms with Gasteiger partial charge in [0, 0.05) is 12.4 Å². The van der Waals surface area contributed by atoms with Gasteiger partial charge in [-0.3, -0.25) is 4.99 Å². The summed E-state index contributed by atoms with van der Waals surface area (Å²) in [6.45, 7) is 6.99. The van der Waals surface area contributed by atoms with Gasteiger partial charge in [-0.1, -0.05) is 13.8 Å². The zero-order valence-corrected chi connectivity index (χ0v) is 16.0. The molecule has 0 radical (unpaired) electrons. The Kier molecular flexibility index (Phi) is 6.58. The van der Waals surface area contributed by atoms with Crippen molar-refractivity contribution in [3.63, 3.8) is 0 Å². The number of nitrogens with one attached hydrogen (secondary N) is 2. The summed E-state index contributed by atoms with van der Waals surface area (Å²) in [5, 5.41) is 9.46. The summed E-state index contributed by atoms with van der Waals surface area (Å²) >= 11 is 1.63. The van der Waals surface area contributed by atoms with Crippen LogP contribution in [0.15, 0.2) is 20.9 Å². The maximum Gasteiger partial charge on any atom is 0.341 e. The van der Waals surface area contributed by atoms with Gasteiger partial charge in [0.1, 0.15) is 22.1 Å². The van der Waals surface area contributed by atoms with Crippen LogP contribution >= 0.6 is 11.3 Å². The molecule has 0 atom stereocenters. The number of esters is 1. The molecule has 25 heavy (non-hydrogen) atoms. The highest BCUT2D eigenvalue weighted by atomic mass is 32.1. The molecule has 8 heteroatoms. The minimum Gasteiger partial charge on any atom is -0.465 e. The van der Waals surface area contributed by atoms with Gasteiger partial charge < -0.3 is 19.8 Å². The summed E-state index contributed by atoms with van der Waals surface area (Å²) in [7, 11) is 3.05. The van der Waals surface area contributed by atoms with E-state index < -0.39 is 5.97 Å². The van der Waals surface area contributed by atoms with Crippen molar-refractivity contribution in [1.29, 1.82) is 0 Å². The van der Waals surface area contributed by atoms with E-state index in [1.54, 1.807) is 31.4 Å². The molecule has 0 aliphatic carbocycles. The van der Waals surface area contributed by atoms with Crippen LogP contribution in [0.2, 0.25) is 0 Å². The zero-order chi connectivity index (χ0) is 18.4. The lowest BCUT2D eigenvalue weighted by Gasteiger charge is -2.09. The Morgan fingerprint density at radius 2 is 2.12 bits per heavy atom. The van der Waals surface area contributed by atoms with Gasteiger partial charge in [-0.15, -0.1) is 11.3 Å². The van der Waals surface area contributed by atoms with Crippen molar-refractivity contribution < 1.29 is 13.9 Å². The van der Waals surface area contributed by atoms with E-state index in [1.807, 2.05) is 0 Å². The molecule has 0 saturated carbocycles. The van der Waals surface area contributed by atoms with Crippen LogP contribution in [0, 0.1) is 6.92 Å². The van der Waals surface area contributed by atoms with Gasteiger partial charge in [-0.05, 0) is 18.9 Å². The third-order valence-corrected chi connectivity index (χ3v) is 4.46. The van der Waals surface area contributed by atoms with E-state index in [1.165, 1.54) is 7.11 Å². The molecule has 0 aliphatic heterocycles. The molecule has 2 N–H and O–H groups in total. The number of ether oxygens (including phenoxy) is 1. The molecule has 2 heterocycles. The number of furan rings is 1. The minimum absolute atomic E-state index is 0.403. The van der Waals surface area contributed by atoms with Crippen molar-refractivity contribution >= 4 is 23.3 Å². The molecule has 0 aromatic carbocycles. The molecule has 0 amide bonds. The van der Waals surface area contributed by atoms with E-state index in [2.05, 4.69) is 39.8 Å². The summed E-state index contributed by atoms with van der Waals surface area (Å²) in [4.78, 5) is 20.4. The number of carbonyl (C=O) groups is 1. The lowest BCUT2D eigenvalue weighted by Crippen LogP contribution is -2.36. The fourth-order valence-corrected chi connectivity index (χ4v) is 3.06. The Balaban J connectivity index is 1.89. The molecule has 0 aliphatic rings. The fraction of sp³-hybridized carbons (Fsp3) is 0.471. The van der Waals surface area contributed by atoms with Gasteiger partial charge in [0.2, 0.25) is 0 Å². The molecule has 2 rings (SSSR count). The lowest BCUT2D eigenvalue weighted by molar-refractivity contribution is 0.0599. The Hall–Kier alpha value is -2.35. The predicted octanol–water partition coefficient (Wildman–Crippen LogP) is 2.82. The number of carbonyl (C=O) groups excluding carboxylic acids is 1. The summed E-state index contributed by atoms with van der Waals surface area (Å²) in [6.07, 6.45) is 0. The highest BCUT2D eigenvalue weighted by molar-refractivity contribution is 7.09. The maximum absolute atomic E-state index is 11.6. The smallest absolute Gasteiger partial charge is 0.341 e. The van der Waals surface area contributed by atoms with Crippen LogP contribution < -0.4 is 10.6 Å². The minimum atomic E-state index is -0.403. The van der Waals surface area contributed by atoms with E-state index in [0.717, 1.165) is 10.7 Å². The normalized spacial score (nSPS) is 11.7. The number of thiazole rings is 1. The van der Waals surface area contributed by atoms with Crippen LogP contribution in [-0.2, 0) is 17.8 Å². The highest BCUT2D eigenvalue weighted by Gasteiger charge is 2.15. The highest BCUT2D eigenvalue weighted by Crippen LogP contribution is 2.17. The number of hydrogen-bond acceptors (Lipinski definition) is 6. The first kappa shape index (κ1) is 19.0. The lowest BCUT2D eigenvalue weighted by atomic mass is 10.2. The quantitative estimate of drug-likeness (QED) is 0.465. The van der Waals surface area contributed by atoms with Crippen LogP contribution in [0.1, 0.15) is 52.3 Å². The van der Waals surface area contributed by atoms with E-state index in [9.17, 15) is 4.79 Å². The third kappa shape index (κ3) is 5.06. The first-order chi connectivity index (χ1) is 11.9. The van der Waals surface area contributed by atoms with Crippen LogP contribution in [-0.4, -0.2) is 31.1 Å². The largest absolute Gasteiger partial charge is 0.465 e. The first-order valence-electron chi connectivity index (χ1n) is 8.01. The van der Waals surface area contributed by atoms with Crippen molar-refractivity contribution in [2.75, 3.05) is 14.2 Å². The van der Waals surface area contributed by atoms with Gasteiger partial charge in [0.05, 0.1) is 25.9 Å². The molecule has 2 aromatic rings. The Morgan fingerprint density at radius 1 is 1.40 bits per heavy atom. The fourth-order valence-electron chi connectivity index (χ4n) is 2.17. The Labute approximate surface area is 151 Å².